The van der Waals surface area contributed by atoms with Crippen LogP contribution in [0.5, 0.6) is 5.75 Å². The van der Waals surface area contributed by atoms with Gasteiger partial charge in [0.25, 0.3) is 0 Å². The van der Waals surface area contributed by atoms with E-state index in [1.807, 2.05) is 6.07 Å². The lowest BCUT2D eigenvalue weighted by Gasteiger charge is -2.33. The number of amides is 1. The summed E-state index contributed by atoms with van der Waals surface area (Å²) in [5, 5.41) is 3.13. The monoisotopic (exact) mass is 380 g/mol. The Balaban J connectivity index is 2.04. The zero-order valence-electron chi connectivity index (χ0n) is 17.5. The minimum Gasteiger partial charge on any atom is -0.497 e. The van der Waals surface area contributed by atoms with Gasteiger partial charge in [-0.3, -0.25) is 9.69 Å². The van der Waals surface area contributed by atoms with E-state index >= 15 is 0 Å². The number of rotatable bonds is 6. The van der Waals surface area contributed by atoms with Gasteiger partial charge in [0.2, 0.25) is 5.91 Å². The highest BCUT2D eigenvalue weighted by Gasteiger charge is 2.33. The van der Waals surface area contributed by atoms with Crippen molar-refractivity contribution in [3.63, 3.8) is 0 Å². The second-order valence-electron chi connectivity index (χ2n) is 8.22. The fraction of sp³-hybridized carbons (Fsp3) is 0.542. The Kier molecular flexibility index (Phi) is 6.46. The van der Waals surface area contributed by atoms with Crippen molar-refractivity contribution < 1.29 is 9.53 Å². The number of carbonyl (C=O) groups excluding carboxylic acids is 1. The largest absolute Gasteiger partial charge is 0.497 e. The molecule has 1 N–H and O–H groups in total. The van der Waals surface area contributed by atoms with Crippen LogP contribution in [0.3, 0.4) is 0 Å². The molecular formula is C24H32N2O2. The molecule has 2 atom stereocenters. The number of nitrogens with zero attached hydrogens (tertiary/aromatic N) is 1. The van der Waals surface area contributed by atoms with Crippen molar-refractivity contribution >= 4 is 11.5 Å². The third kappa shape index (κ3) is 4.10. The molecule has 1 aromatic carbocycles. The van der Waals surface area contributed by atoms with E-state index in [-0.39, 0.29) is 11.9 Å². The molecule has 2 aliphatic rings. The van der Waals surface area contributed by atoms with Crippen molar-refractivity contribution in [1.29, 1.82) is 0 Å². The summed E-state index contributed by atoms with van der Waals surface area (Å²) in [7, 11) is 1.70. The maximum Gasteiger partial charge on any atom is 0.247 e. The highest BCUT2D eigenvalue weighted by Crippen LogP contribution is 2.42. The van der Waals surface area contributed by atoms with Crippen molar-refractivity contribution in [2.45, 2.75) is 58.5 Å². The van der Waals surface area contributed by atoms with E-state index in [9.17, 15) is 4.79 Å². The average Bonchev–Trinajstić information content (AvgIpc) is 2.84. The third-order valence-corrected chi connectivity index (χ3v) is 6.15. The number of fused-ring (bicyclic) bond motifs is 3. The smallest absolute Gasteiger partial charge is 0.247 e. The fourth-order valence-electron chi connectivity index (χ4n) is 4.72. The second-order valence-corrected chi connectivity index (χ2v) is 8.22. The highest BCUT2D eigenvalue weighted by atomic mass is 16.5. The number of carbonyl (C=O) groups is 1. The normalized spacial score (nSPS) is 20.2. The number of aryl methyl sites for hydroxylation is 1. The molecule has 0 spiro atoms. The van der Waals surface area contributed by atoms with Crippen LogP contribution in [0.1, 0.15) is 51.2 Å². The van der Waals surface area contributed by atoms with Gasteiger partial charge in [-0.15, -0.1) is 6.42 Å². The van der Waals surface area contributed by atoms with Gasteiger partial charge in [0.1, 0.15) is 5.75 Å². The van der Waals surface area contributed by atoms with Crippen LogP contribution in [-0.4, -0.2) is 43.1 Å². The summed E-state index contributed by atoms with van der Waals surface area (Å²) in [6.45, 7) is 7.83. The third-order valence-electron chi connectivity index (χ3n) is 6.15. The first-order valence-corrected chi connectivity index (χ1v) is 10.3. The van der Waals surface area contributed by atoms with Crippen LogP contribution in [0.15, 0.2) is 23.8 Å². The van der Waals surface area contributed by atoms with Gasteiger partial charge in [0, 0.05) is 24.2 Å². The minimum absolute atomic E-state index is 0.0810. The summed E-state index contributed by atoms with van der Waals surface area (Å²) in [6.07, 6.45) is 9.42. The maximum absolute atomic E-state index is 13.0. The first-order chi connectivity index (χ1) is 13.5. The zero-order valence-corrected chi connectivity index (χ0v) is 17.5. The molecule has 1 heterocycles. The van der Waals surface area contributed by atoms with Gasteiger partial charge in [0.05, 0.1) is 13.7 Å². The average molecular weight is 381 g/mol. The van der Waals surface area contributed by atoms with Gasteiger partial charge in [-0.1, -0.05) is 12.0 Å². The SMILES string of the molecule is C#CCN(C(C)C)C(C)CC1=C2c3ccc(OC)cc3CCC2CCNC1=O. The Morgan fingerprint density at radius 1 is 1.32 bits per heavy atom. The minimum atomic E-state index is 0.0810. The van der Waals surface area contributed by atoms with E-state index in [1.54, 1.807) is 7.11 Å². The van der Waals surface area contributed by atoms with Gasteiger partial charge in [-0.25, -0.2) is 0 Å². The lowest BCUT2D eigenvalue weighted by molar-refractivity contribution is -0.117. The van der Waals surface area contributed by atoms with Crippen molar-refractivity contribution in [2.24, 2.45) is 5.92 Å². The molecule has 0 fully saturated rings. The Morgan fingerprint density at radius 3 is 2.79 bits per heavy atom. The second kappa shape index (κ2) is 8.84. The highest BCUT2D eigenvalue weighted by molar-refractivity contribution is 6.02. The summed E-state index contributed by atoms with van der Waals surface area (Å²) in [5.74, 6) is 4.16. The van der Waals surface area contributed by atoms with Crippen molar-refractivity contribution in [2.75, 3.05) is 20.2 Å². The Bertz CT molecular complexity index is 803. The summed E-state index contributed by atoms with van der Waals surface area (Å²) >= 11 is 0. The predicted octanol–water partition coefficient (Wildman–Crippen LogP) is 3.65. The van der Waals surface area contributed by atoms with Gasteiger partial charge in [-0.2, -0.15) is 0 Å². The molecule has 1 aliphatic heterocycles. The molecular weight excluding hydrogens is 348 g/mol. The van der Waals surface area contributed by atoms with E-state index in [0.717, 1.165) is 37.1 Å². The lowest BCUT2D eigenvalue weighted by atomic mass is 9.75. The first kappa shape index (κ1) is 20.5. The summed E-state index contributed by atoms with van der Waals surface area (Å²) < 4.78 is 5.42. The molecule has 28 heavy (non-hydrogen) atoms. The van der Waals surface area contributed by atoms with Crippen LogP contribution >= 0.6 is 0 Å². The topological polar surface area (TPSA) is 41.6 Å². The molecule has 0 bridgehead atoms. The standard InChI is InChI=1S/C24H32N2O2/c1-6-13-26(16(2)3)17(4)14-22-23-18(11-12-25-24(22)27)7-8-19-15-20(28-5)9-10-21(19)23/h1,9-10,15-18H,7-8,11-14H2,2-5H3,(H,25,27). The number of benzene rings is 1. The molecule has 2 unspecified atom stereocenters. The number of ether oxygens (including phenoxy) is 1. The van der Waals surface area contributed by atoms with Crippen molar-refractivity contribution in [3.05, 3.63) is 34.9 Å². The van der Waals surface area contributed by atoms with E-state index < -0.39 is 0 Å². The summed E-state index contributed by atoms with van der Waals surface area (Å²) in [6, 6.07) is 6.81. The van der Waals surface area contributed by atoms with Crippen LogP contribution < -0.4 is 10.1 Å². The number of terminal acetylenes is 1. The Hall–Kier alpha value is -2.25. The van der Waals surface area contributed by atoms with Crippen LogP contribution in [-0.2, 0) is 11.2 Å². The molecule has 0 aromatic heterocycles. The molecule has 0 saturated heterocycles. The van der Waals surface area contributed by atoms with Crippen LogP contribution in [0.25, 0.3) is 5.57 Å². The molecule has 1 amide bonds. The number of hydrogen-bond donors (Lipinski definition) is 1. The van der Waals surface area contributed by atoms with Gasteiger partial charge in [-0.05, 0) is 81.2 Å². The Morgan fingerprint density at radius 2 is 2.11 bits per heavy atom. The number of methoxy groups -OCH3 is 1. The molecule has 0 saturated carbocycles. The van der Waals surface area contributed by atoms with Gasteiger partial charge in [0.15, 0.2) is 0 Å². The molecule has 1 aromatic rings. The Labute approximate surface area is 169 Å². The molecule has 150 valence electrons. The fourth-order valence-corrected chi connectivity index (χ4v) is 4.72. The molecule has 4 nitrogen and oxygen atoms in total. The molecule has 1 aliphatic carbocycles. The number of allylic oxidation sites excluding steroid dienone is 1. The van der Waals surface area contributed by atoms with Gasteiger partial charge >= 0.3 is 0 Å². The van der Waals surface area contributed by atoms with Crippen LogP contribution in [0.4, 0.5) is 0 Å². The lowest BCUT2D eigenvalue weighted by Crippen LogP contribution is -2.40. The van der Waals surface area contributed by atoms with Crippen LogP contribution in [0.2, 0.25) is 0 Å². The number of nitrogens with one attached hydrogen (secondary N) is 1. The molecule has 3 rings (SSSR count). The zero-order chi connectivity index (χ0) is 20.3. The van der Waals surface area contributed by atoms with Crippen molar-refractivity contribution in [1.82, 2.24) is 10.2 Å². The number of hydrogen-bond acceptors (Lipinski definition) is 3. The van der Waals surface area contributed by atoms with Gasteiger partial charge < -0.3 is 10.1 Å². The summed E-state index contributed by atoms with van der Waals surface area (Å²) in [4.78, 5) is 15.3. The van der Waals surface area contributed by atoms with Crippen LogP contribution in [0, 0.1) is 18.3 Å². The molecule has 4 heteroatoms. The quantitative estimate of drug-likeness (QED) is 0.766. The summed E-state index contributed by atoms with van der Waals surface area (Å²) in [5.41, 5.74) is 4.69. The maximum atomic E-state index is 13.0. The van der Waals surface area contributed by atoms with Crippen molar-refractivity contribution in [3.8, 4) is 18.1 Å². The van der Waals surface area contributed by atoms with E-state index in [0.29, 0.717) is 24.9 Å². The predicted molar refractivity (Wildman–Crippen MR) is 114 cm³/mol. The van der Waals surface area contributed by atoms with E-state index in [4.69, 9.17) is 11.2 Å². The molecule has 0 radical (unpaired) electrons. The van der Waals surface area contributed by atoms with E-state index in [2.05, 4.69) is 49.0 Å². The first-order valence-electron chi connectivity index (χ1n) is 10.3. The van der Waals surface area contributed by atoms with E-state index in [1.165, 1.54) is 16.7 Å².